The average Bonchev–Trinajstić information content (AvgIpc) is 2.82. The summed E-state index contributed by atoms with van der Waals surface area (Å²) in [5.41, 5.74) is 2.64. The van der Waals surface area contributed by atoms with E-state index < -0.39 is 16.1 Å². The van der Waals surface area contributed by atoms with Gasteiger partial charge >= 0.3 is 0 Å². The Morgan fingerprint density at radius 2 is 2.10 bits per heavy atom. The summed E-state index contributed by atoms with van der Waals surface area (Å²) >= 11 is 1.55. The number of benzene rings is 1. The number of aliphatic hydroxyl groups is 1. The van der Waals surface area contributed by atoms with Crippen molar-refractivity contribution in [2.45, 2.75) is 31.4 Å². The fourth-order valence-electron chi connectivity index (χ4n) is 1.77. The molecule has 0 aliphatic heterocycles. The van der Waals surface area contributed by atoms with Crippen molar-refractivity contribution >= 4 is 21.4 Å². The Morgan fingerprint density at radius 1 is 1.35 bits per heavy atom. The fourth-order valence-corrected chi connectivity index (χ4v) is 3.68. The molecule has 0 aliphatic carbocycles. The Bertz CT molecular complexity index is 690. The van der Waals surface area contributed by atoms with Gasteiger partial charge in [-0.15, -0.1) is 0 Å². The Balaban J connectivity index is 2.18. The molecule has 6 heteroatoms. The topological polar surface area (TPSA) is 66.4 Å². The highest BCUT2D eigenvalue weighted by molar-refractivity contribution is 7.89. The van der Waals surface area contributed by atoms with E-state index in [0.717, 1.165) is 11.1 Å². The van der Waals surface area contributed by atoms with Crippen molar-refractivity contribution in [3.05, 3.63) is 51.7 Å². The van der Waals surface area contributed by atoms with E-state index in [0.29, 0.717) is 5.56 Å². The molecule has 0 saturated heterocycles. The molecular weight excluding hydrogens is 294 g/mol. The molecule has 0 bridgehead atoms. The summed E-state index contributed by atoms with van der Waals surface area (Å²) in [6.45, 7) is 3.83. The summed E-state index contributed by atoms with van der Waals surface area (Å²) in [6, 6.07) is 6.35. The lowest BCUT2D eigenvalue weighted by Crippen LogP contribution is -2.23. The zero-order valence-electron chi connectivity index (χ0n) is 11.3. The Labute approximate surface area is 123 Å². The van der Waals surface area contributed by atoms with E-state index in [1.165, 1.54) is 12.1 Å². The average molecular weight is 311 g/mol. The highest BCUT2D eigenvalue weighted by atomic mass is 32.2. The van der Waals surface area contributed by atoms with Crippen LogP contribution in [-0.4, -0.2) is 13.5 Å². The van der Waals surface area contributed by atoms with Gasteiger partial charge in [0.25, 0.3) is 0 Å². The molecule has 0 amide bonds. The predicted molar refractivity (Wildman–Crippen MR) is 80.2 cm³/mol. The van der Waals surface area contributed by atoms with E-state index in [4.69, 9.17) is 0 Å². The molecule has 108 valence electrons. The maximum absolute atomic E-state index is 12.2. The quantitative estimate of drug-likeness (QED) is 0.892. The van der Waals surface area contributed by atoms with Crippen molar-refractivity contribution in [2.24, 2.45) is 0 Å². The number of sulfonamides is 1. The smallest absolute Gasteiger partial charge is 0.240 e. The first-order chi connectivity index (χ1) is 9.40. The zero-order valence-corrected chi connectivity index (χ0v) is 13.0. The molecule has 20 heavy (non-hydrogen) atoms. The van der Waals surface area contributed by atoms with Crippen LogP contribution in [-0.2, 0) is 16.6 Å². The first-order valence-corrected chi connectivity index (χ1v) is 8.62. The van der Waals surface area contributed by atoms with E-state index in [1.807, 2.05) is 17.7 Å². The molecule has 1 aromatic heterocycles. The van der Waals surface area contributed by atoms with Crippen molar-refractivity contribution in [3.8, 4) is 0 Å². The zero-order chi connectivity index (χ0) is 14.8. The van der Waals surface area contributed by atoms with Crippen LogP contribution in [0.25, 0.3) is 0 Å². The lowest BCUT2D eigenvalue weighted by molar-refractivity contribution is 0.199. The lowest BCUT2D eigenvalue weighted by atomic mass is 10.1. The molecule has 1 atom stereocenters. The largest absolute Gasteiger partial charge is 0.389 e. The lowest BCUT2D eigenvalue weighted by Gasteiger charge is -2.09. The number of aryl methyl sites for hydroxylation is 1. The Hall–Kier alpha value is -1.21. The van der Waals surface area contributed by atoms with E-state index in [-0.39, 0.29) is 11.4 Å². The molecule has 0 spiro atoms. The van der Waals surface area contributed by atoms with Crippen LogP contribution in [0.15, 0.2) is 39.9 Å². The second-order valence-corrected chi connectivity index (χ2v) is 7.16. The van der Waals surface area contributed by atoms with Gasteiger partial charge in [0.2, 0.25) is 10.0 Å². The van der Waals surface area contributed by atoms with Gasteiger partial charge in [-0.25, -0.2) is 13.1 Å². The third-order valence-corrected chi connectivity index (χ3v) is 5.37. The minimum atomic E-state index is -3.57. The first kappa shape index (κ1) is 15.2. The van der Waals surface area contributed by atoms with Gasteiger partial charge < -0.3 is 5.11 Å². The van der Waals surface area contributed by atoms with Gasteiger partial charge in [0.1, 0.15) is 0 Å². The fraction of sp³-hybridized carbons (Fsp3) is 0.286. The van der Waals surface area contributed by atoms with Crippen LogP contribution in [0.2, 0.25) is 0 Å². The Morgan fingerprint density at radius 3 is 2.70 bits per heavy atom. The van der Waals surface area contributed by atoms with Crippen molar-refractivity contribution in [1.82, 2.24) is 4.72 Å². The number of nitrogens with one attached hydrogen (secondary N) is 1. The summed E-state index contributed by atoms with van der Waals surface area (Å²) in [7, 11) is -3.57. The molecule has 1 unspecified atom stereocenters. The minimum Gasteiger partial charge on any atom is -0.389 e. The second-order valence-electron chi connectivity index (χ2n) is 4.65. The molecule has 2 rings (SSSR count). The van der Waals surface area contributed by atoms with E-state index in [9.17, 15) is 13.5 Å². The number of aliphatic hydroxyl groups excluding tert-OH is 1. The molecule has 2 N–H and O–H groups in total. The maximum Gasteiger partial charge on any atom is 0.240 e. The van der Waals surface area contributed by atoms with Crippen LogP contribution in [0.4, 0.5) is 0 Å². The summed E-state index contributed by atoms with van der Waals surface area (Å²) in [4.78, 5) is 0.170. The van der Waals surface area contributed by atoms with Crippen LogP contribution in [0.1, 0.15) is 29.7 Å². The molecule has 0 aliphatic rings. The number of rotatable bonds is 5. The first-order valence-electron chi connectivity index (χ1n) is 6.19. The van der Waals surface area contributed by atoms with Crippen LogP contribution >= 0.6 is 11.3 Å². The van der Waals surface area contributed by atoms with Gasteiger partial charge in [0, 0.05) is 6.54 Å². The van der Waals surface area contributed by atoms with Crippen LogP contribution in [0.3, 0.4) is 0 Å². The van der Waals surface area contributed by atoms with Crippen LogP contribution in [0.5, 0.6) is 0 Å². The monoisotopic (exact) mass is 311 g/mol. The van der Waals surface area contributed by atoms with Crippen LogP contribution < -0.4 is 4.72 Å². The predicted octanol–water partition coefficient (Wildman–Crippen LogP) is 2.59. The summed E-state index contributed by atoms with van der Waals surface area (Å²) in [5.74, 6) is 0. The summed E-state index contributed by atoms with van der Waals surface area (Å²) in [6.07, 6.45) is -0.690. The summed E-state index contributed by atoms with van der Waals surface area (Å²) in [5, 5.41) is 13.4. The van der Waals surface area contributed by atoms with Gasteiger partial charge in [-0.05, 0) is 53.4 Å². The van der Waals surface area contributed by atoms with Gasteiger partial charge in [-0.2, -0.15) is 11.3 Å². The van der Waals surface area contributed by atoms with E-state index >= 15 is 0 Å². The maximum atomic E-state index is 12.2. The highest BCUT2D eigenvalue weighted by Crippen LogP contribution is 2.18. The third kappa shape index (κ3) is 3.46. The number of hydrogen-bond donors (Lipinski definition) is 2. The van der Waals surface area contributed by atoms with Gasteiger partial charge in [0.05, 0.1) is 11.0 Å². The van der Waals surface area contributed by atoms with Gasteiger partial charge in [-0.1, -0.05) is 12.1 Å². The molecule has 1 aromatic carbocycles. The van der Waals surface area contributed by atoms with Crippen LogP contribution in [0, 0.1) is 6.92 Å². The highest BCUT2D eigenvalue weighted by Gasteiger charge is 2.15. The van der Waals surface area contributed by atoms with Crippen molar-refractivity contribution in [3.63, 3.8) is 0 Å². The molecule has 1 heterocycles. The number of hydrogen-bond acceptors (Lipinski definition) is 4. The molecule has 0 radical (unpaired) electrons. The summed E-state index contributed by atoms with van der Waals surface area (Å²) < 4.78 is 27.0. The Kier molecular flexibility index (Phi) is 4.59. The van der Waals surface area contributed by atoms with Crippen molar-refractivity contribution in [1.29, 1.82) is 0 Å². The number of thiophene rings is 1. The molecular formula is C14H17NO3S2. The third-order valence-electron chi connectivity index (χ3n) is 3.07. The van der Waals surface area contributed by atoms with Crippen molar-refractivity contribution < 1.29 is 13.5 Å². The molecule has 4 nitrogen and oxygen atoms in total. The SMILES string of the molecule is Cc1cscc1CNS(=O)(=O)c1cccc(C(C)O)c1. The van der Waals surface area contributed by atoms with Gasteiger partial charge in [-0.3, -0.25) is 0 Å². The standard InChI is InChI=1S/C14H17NO3S2/c1-10-8-19-9-13(10)7-15-20(17,18)14-5-3-4-12(6-14)11(2)16/h3-6,8-9,11,15-16H,7H2,1-2H3. The molecule has 2 aromatic rings. The molecule has 0 saturated carbocycles. The second kappa shape index (κ2) is 6.05. The van der Waals surface area contributed by atoms with Gasteiger partial charge in [0.15, 0.2) is 0 Å². The van der Waals surface area contributed by atoms with Crippen molar-refractivity contribution in [2.75, 3.05) is 0 Å². The van der Waals surface area contributed by atoms with E-state index in [1.54, 1.807) is 30.4 Å². The molecule has 0 fully saturated rings. The normalized spacial score (nSPS) is 13.3. The minimum absolute atomic E-state index is 0.170. The van der Waals surface area contributed by atoms with E-state index in [2.05, 4.69) is 4.72 Å².